The first-order chi connectivity index (χ1) is 11.5. The molecule has 0 bridgehead atoms. The summed E-state index contributed by atoms with van der Waals surface area (Å²) >= 11 is 0. The van der Waals surface area contributed by atoms with Gasteiger partial charge in [0.05, 0.1) is 0 Å². The number of fused-ring (bicyclic) bond motifs is 1. The van der Waals surface area contributed by atoms with Crippen molar-refractivity contribution >= 4 is 23.2 Å². The molecule has 2 aromatic rings. The minimum absolute atomic E-state index is 0.0434. The van der Waals surface area contributed by atoms with Gasteiger partial charge in [-0.25, -0.2) is 0 Å². The molecular weight excluding hydrogens is 300 g/mol. The molecule has 0 atom stereocenters. The number of hydrogen-bond donors (Lipinski definition) is 1. The monoisotopic (exact) mass is 320 g/mol. The van der Waals surface area contributed by atoms with Crippen LogP contribution in [0.2, 0.25) is 0 Å². The predicted molar refractivity (Wildman–Crippen MR) is 95.7 cm³/mol. The molecule has 0 aromatic heterocycles. The van der Waals surface area contributed by atoms with E-state index < -0.39 is 0 Å². The highest BCUT2D eigenvalue weighted by Crippen LogP contribution is 2.30. The van der Waals surface area contributed by atoms with Gasteiger partial charge in [-0.15, -0.1) is 0 Å². The highest BCUT2D eigenvalue weighted by atomic mass is 16.2. The number of carbonyl (C=O) groups is 2. The van der Waals surface area contributed by atoms with E-state index in [0.717, 1.165) is 11.3 Å². The average molecular weight is 320 g/mol. The van der Waals surface area contributed by atoms with Gasteiger partial charge in [0.25, 0.3) is 5.91 Å². The summed E-state index contributed by atoms with van der Waals surface area (Å²) < 4.78 is 0. The number of rotatable bonds is 4. The molecular formula is C20H20N2O2. The summed E-state index contributed by atoms with van der Waals surface area (Å²) in [4.78, 5) is 26.1. The molecule has 0 radical (unpaired) electrons. The molecule has 4 heteroatoms. The molecule has 2 aromatic carbocycles. The topological polar surface area (TPSA) is 49.4 Å². The minimum atomic E-state index is -0.241. The van der Waals surface area contributed by atoms with Crippen LogP contribution in [0.15, 0.2) is 55.1 Å². The Kier molecular flexibility index (Phi) is 4.21. The van der Waals surface area contributed by atoms with E-state index in [1.807, 2.05) is 42.5 Å². The number of hydrogen-bond acceptors (Lipinski definition) is 2. The van der Waals surface area contributed by atoms with Crippen LogP contribution in [-0.4, -0.2) is 23.3 Å². The highest BCUT2D eigenvalue weighted by molar-refractivity contribution is 6.11. The summed E-state index contributed by atoms with van der Waals surface area (Å²) in [6, 6.07) is 15.0. The molecule has 0 saturated carbocycles. The summed E-state index contributed by atoms with van der Waals surface area (Å²) in [6.45, 7) is 8.14. The fourth-order valence-corrected chi connectivity index (χ4v) is 2.80. The summed E-state index contributed by atoms with van der Waals surface area (Å²) in [6.07, 6.45) is 0. The molecule has 1 N–H and O–H groups in total. The van der Waals surface area contributed by atoms with Crippen molar-refractivity contribution in [3.8, 4) is 0 Å². The first kappa shape index (κ1) is 16.0. The molecule has 4 nitrogen and oxygen atoms in total. The van der Waals surface area contributed by atoms with E-state index in [1.165, 1.54) is 10.5 Å². The molecule has 0 aliphatic carbocycles. The van der Waals surface area contributed by atoms with Gasteiger partial charge in [-0.1, -0.05) is 50.8 Å². The van der Waals surface area contributed by atoms with Crippen LogP contribution in [0.1, 0.15) is 41.3 Å². The molecule has 1 aliphatic heterocycles. The zero-order chi connectivity index (χ0) is 17.3. The van der Waals surface area contributed by atoms with Crippen LogP contribution in [0.5, 0.6) is 0 Å². The van der Waals surface area contributed by atoms with Gasteiger partial charge < -0.3 is 5.32 Å². The van der Waals surface area contributed by atoms with Crippen molar-refractivity contribution in [2.75, 3.05) is 11.9 Å². The van der Waals surface area contributed by atoms with Gasteiger partial charge in [-0.3, -0.25) is 14.5 Å². The lowest BCUT2D eigenvalue weighted by atomic mass is 10.0. The van der Waals surface area contributed by atoms with Crippen molar-refractivity contribution in [1.82, 2.24) is 4.90 Å². The van der Waals surface area contributed by atoms with E-state index >= 15 is 0 Å². The number of amides is 2. The molecule has 0 spiro atoms. The minimum Gasteiger partial charge on any atom is -0.325 e. The van der Waals surface area contributed by atoms with Crippen LogP contribution >= 0.6 is 0 Å². The second-order valence-corrected chi connectivity index (χ2v) is 6.21. The maximum Gasteiger partial charge on any atom is 0.259 e. The van der Waals surface area contributed by atoms with E-state index in [0.29, 0.717) is 17.2 Å². The quantitative estimate of drug-likeness (QED) is 0.929. The second kappa shape index (κ2) is 6.32. The van der Waals surface area contributed by atoms with Crippen LogP contribution in [0.3, 0.4) is 0 Å². The van der Waals surface area contributed by atoms with Gasteiger partial charge in [0.15, 0.2) is 0 Å². The van der Waals surface area contributed by atoms with Crippen LogP contribution in [0.25, 0.3) is 5.70 Å². The molecule has 0 saturated heterocycles. The number of nitrogens with one attached hydrogen (secondary N) is 1. The summed E-state index contributed by atoms with van der Waals surface area (Å²) in [5.74, 6) is 0.0225. The highest BCUT2D eigenvalue weighted by Gasteiger charge is 2.31. The molecule has 24 heavy (non-hydrogen) atoms. The molecule has 0 fully saturated rings. The van der Waals surface area contributed by atoms with E-state index in [9.17, 15) is 9.59 Å². The number of carbonyl (C=O) groups excluding carboxylic acids is 2. The van der Waals surface area contributed by atoms with Gasteiger partial charge >= 0.3 is 0 Å². The number of anilines is 1. The third-order valence-electron chi connectivity index (χ3n) is 4.20. The van der Waals surface area contributed by atoms with E-state index in [1.54, 1.807) is 6.07 Å². The normalized spacial score (nSPS) is 13.4. The molecule has 2 amide bonds. The molecule has 122 valence electrons. The van der Waals surface area contributed by atoms with Crippen molar-refractivity contribution in [2.24, 2.45) is 0 Å². The predicted octanol–water partition coefficient (Wildman–Crippen LogP) is 3.88. The fraction of sp³-hybridized carbons (Fsp3) is 0.200. The summed E-state index contributed by atoms with van der Waals surface area (Å²) in [7, 11) is 0. The lowest BCUT2D eigenvalue weighted by Crippen LogP contribution is -2.32. The Labute approximate surface area is 141 Å². The SMILES string of the molecule is C=C1c2ccccc2C(=O)N1CC(=O)Nc1ccc(C(C)C)cc1. The Morgan fingerprint density at radius 1 is 1.08 bits per heavy atom. The number of benzene rings is 2. The number of nitrogens with zero attached hydrogens (tertiary/aromatic N) is 1. The standard InChI is InChI=1S/C20H20N2O2/c1-13(2)15-8-10-16(11-9-15)21-19(23)12-22-14(3)17-6-4-5-7-18(17)20(22)24/h4-11,13H,3,12H2,1-2H3,(H,21,23). The Bertz CT molecular complexity index is 772. The van der Waals surface area contributed by atoms with E-state index in [-0.39, 0.29) is 18.4 Å². The van der Waals surface area contributed by atoms with Crippen LogP contribution < -0.4 is 5.32 Å². The summed E-state index contributed by atoms with van der Waals surface area (Å²) in [5, 5.41) is 2.83. The smallest absolute Gasteiger partial charge is 0.259 e. The lowest BCUT2D eigenvalue weighted by Gasteiger charge is -2.17. The van der Waals surface area contributed by atoms with Crippen molar-refractivity contribution in [3.63, 3.8) is 0 Å². The molecule has 3 rings (SSSR count). The zero-order valence-corrected chi connectivity index (χ0v) is 13.9. The molecule has 0 unspecified atom stereocenters. The van der Waals surface area contributed by atoms with Crippen LogP contribution in [0.4, 0.5) is 5.69 Å². The Morgan fingerprint density at radius 3 is 2.29 bits per heavy atom. The fourth-order valence-electron chi connectivity index (χ4n) is 2.80. The molecule has 1 aliphatic rings. The first-order valence-electron chi connectivity index (χ1n) is 7.97. The zero-order valence-electron chi connectivity index (χ0n) is 13.9. The van der Waals surface area contributed by atoms with Gasteiger partial charge in [0, 0.05) is 22.5 Å². The Morgan fingerprint density at radius 2 is 1.71 bits per heavy atom. The first-order valence-corrected chi connectivity index (χ1v) is 7.97. The van der Waals surface area contributed by atoms with Crippen molar-refractivity contribution in [1.29, 1.82) is 0 Å². The maximum atomic E-state index is 12.4. The van der Waals surface area contributed by atoms with Crippen molar-refractivity contribution < 1.29 is 9.59 Å². The average Bonchev–Trinajstić information content (AvgIpc) is 2.81. The summed E-state index contributed by atoms with van der Waals surface area (Å²) in [5.41, 5.74) is 3.89. The Hall–Kier alpha value is -2.88. The van der Waals surface area contributed by atoms with Gasteiger partial charge in [0.2, 0.25) is 5.91 Å². The maximum absolute atomic E-state index is 12.4. The third kappa shape index (κ3) is 2.95. The largest absolute Gasteiger partial charge is 0.325 e. The molecule has 1 heterocycles. The van der Waals surface area contributed by atoms with Crippen LogP contribution in [-0.2, 0) is 4.79 Å². The van der Waals surface area contributed by atoms with Crippen molar-refractivity contribution in [2.45, 2.75) is 19.8 Å². The third-order valence-corrected chi connectivity index (χ3v) is 4.20. The van der Waals surface area contributed by atoms with Crippen molar-refractivity contribution in [3.05, 3.63) is 71.8 Å². The van der Waals surface area contributed by atoms with Gasteiger partial charge in [-0.05, 0) is 29.7 Å². The lowest BCUT2D eigenvalue weighted by molar-refractivity contribution is -0.116. The van der Waals surface area contributed by atoms with E-state index in [2.05, 4.69) is 25.7 Å². The van der Waals surface area contributed by atoms with Gasteiger partial charge in [-0.2, -0.15) is 0 Å². The van der Waals surface area contributed by atoms with Gasteiger partial charge in [0.1, 0.15) is 6.54 Å². The second-order valence-electron chi connectivity index (χ2n) is 6.21. The van der Waals surface area contributed by atoms with Crippen LogP contribution in [0, 0.1) is 0 Å². The van der Waals surface area contributed by atoms with E-state index in [4.69, 9.17) is 0 Å². The Balaban J connectivity index is 1.68.